The molecule has 0 saturated heterocycles. The average molecular weight is 452 g/mol. The van der Waals surface area contributed by atoms with Crippen LogP contribution >= 0.6 is 11.3 Å². The number of hydrogen-bond donors (Lipinski definition) is 0. The summed E-state index contributed by atoms with van der Waals surface area (Å²) in [6.45, 7) is 0. The number of nitrogens with zero attached hydrogens (tertiary/aromatic N) is 3. The van der Waals surface area contributed by atoms with Gasteiger partial charge >= 0.3 is 0 Å². The Morgan fingerprint density at radius 2 is 1.69 bits per heavy atom. The summed E-state index contributed by atoms with van der Waals surface area (Å²) in [6, 6.07) is 11.1. The summed E-state index contributed by atoms with van der Waals surface area (Å²) in [5.41, 5.74) is 1.39. The first-order valence-corrected chi connectivity index (χ1v) is 10.4. The third-order valence-corrected chi connectivity index (χ3v) is 5.71. The molecule has 0 amide bonds. The number of ether oxygens (including phenoxy) is 4. The molecule has 0 spiro atoms. The highest BCUT2D eigenvalue weighted by Gasteiger charge is 2.12. The van der Waals surface area contributed by atoms with Gasteiger partial charge in [0, 0.05) is 5.56 Å². The highest BCUT2D eigenvalue weighted by atomic mass is 32.1. The molecule has 0 atom stereocenters. The molecule has 0 radical (unpaired) electrons. The lowest BCUT2D eigenvalue weighted by Gasteiger charge is -2.09. The van der Waals surface area contributed by atoms with E-state index in [1.807, 2.05) is 36.4 Å². The van der Waals surface area contributed by atoms with E-state index in [0.29, 0.717) is 38.3 Å². The largest absolute Gasteiger partial charge is 0.493 e. The lowest BCUT2D eigenvalue weighted by Crippen LogP contribution is -2.23. The first kappa shape index (κ1) is 21.4. The summed E-state index contributed by atoms with van der Waals surface area (Å²) in [6.07, 6.45) is 5.35. The van der Waals surface area contributed by atoms with E-state index in [-0.39, 0.29) is 5.56 Å². The second-order valence-electron chi connectivity index (χ2n) is 6.61. The standard InChI is InChI=1S/C23H21N3O5S/c1-28-16-10-8-14(12-18(16)30-3)9-11-20-24-23-26(25-20)22(27)19(32-23)13-15-6-5-7-17(29-2)21(15)31-4/h5-13H,1-4H3. The number of hydrogen-bond acceptors (Lipinski definition) is 8. The highest BCUT2D eigenvalue weighted by molar-refractivity contribution is 7.15. The minimum absolute atomic E-state index is 0.242. The zero-order chi connectivity index (χ0) is 22.7. The molecule has 9 heteroatoms. The topological polar surface area (TPSA) is 84.2 Å². The van der Waals surface area contributed by atoms with Crippen LogP contribution in [0.2, 0.25) is 0 Å². The predicted molar refractivity (Wildman–Crippen MR) is 124 cm³/mol. The van der Waals surface area contributed by atoms with Crippen LogP contribution in [0.5, 0.6) is 23.0 Å². The van der Waals surface area contributed by atoms with Crippen molar-refractivity contribution < 1.29 is 18.9 Å². The predicted octanol–water partition coefficient (Wildman–Crippen LogP) is 2.90. The second kappa shape index (κ2) is 9.11. The van der Waals surface area contributed by atoms with Crippen LogP contribution in [0, 0.1) is 0 Å². The molecule has 0 aliphatic rings. The zero-order valence-electron chi connectivity index (χ0n) is 18.0. The smallest absolute Gasteiger partial charge is 0.291 e. The molecule has 2 heterocycles. The van der Waals surface area contributed by atoms with Crippen LogP contribution in [0.25, 0.3) is 23.2 Å². The molecule has 2 aromatic heterocycles. The molecule has 8 nitrogen and oxygen atoms in total. The molecule has 0 unspecified atom stereocenters. The summed E-state index contributed by atoms with van der Waals surface area (Å²) >= 11 is 1.26. The SMILES string of the molecule is COc1ccc(C=Cc2nc3sc(=Cc4cccc(OC)c4OC)c(=O)n3n2)cc1OC. The first-order valence-electron chi connectivity index (χ1n) is 9.60. The average Bonchev–Trinajstić information content (AvgIpc) is 3.35. The van der Waals surface area contributed by atoms with Crippen molar-refractivity contribution >= 4 is 34.5 Å². The van der Waals surface area contributed by atoms with E-state index in [1.165, 1.54) is 15.9 Å². The van der Waals surface area contributed by atoms with Crippen LogP contribution in [0.1, 0.15) is 17.0 Å². The number of methoxy groups -OCH3 is 4. The molecule has 2 aromatic carbocycles. The Hall–Kier alpha value is -3.85. The minimum Gasteiger partial charge on any atom is -0.493 e. The molecular weight excluding hydrogens is 430 g/mol. The lowest BCUT2D eigenvalue weighted by molar-refractivity contribution is 0.354. The second-order valence-corrected chi connectivity index (χ2v) is 7.62. The molecule has 164 valence electrons. The Morgan fingerprint density at radius 3 is 2.38 bits per heavy atom. The maximum absolute atomic E-state index is 12.8. The molecular formula is C23H21N3O5S. The summed E-state index contributed by atoms with van der Waals surface area (Å²) in [5, 5.41) is 4.33. The summed E-state index contributed by atoms with van der Waals surface area (Å²) in [5.74, 6) is 2.87. The van der Waals surface area contributed by atoms with Crippen molar-refractivity contribution in [2.75, 3.05) is 28.4 Å². The van der Waals surface area contributed by atoms with Gasteiger partial charge in [-0.25, -0.2) is 0 Å². The van der Waals surface area contributed by atoms with Gasteiger partial charge in [0.25, 0.3) is 5.56 Å². The Morgan fingerprint density at radius 1 is 0.906 bits per heavy atom. The summed E-state index contributed by atoms with van der Waals surface area (Å²) < 4.78 is 23.1. The van der Waals surface area contributed by atoms with Gasteiger partial charge in [-0.1, -0.05) is 35.6 Å². The number of aromatic nitrogens is 3. The van der Waals surface area contributed by atoms with Crippen LogP contribution in [-0.2, 0) is 0 Å². The molecule has 4 aromatic rings. The van der Waals surface area contributed by atoms with Crippen LogP contribution in [0.4, 0.5) is 0 Å². The minimum atomic E-state index is -0.242. The van der Waals surface area contributed by atoms with E-state index in [2.05, 4.69) is 10.1 Å². The lowest BCUT2D eigenvalue weighted by atomic mass is 10.2. The van der Waals surface area contributed by atoms with Gasteiger partial charge in [0.2, 0.25) is 4.96 Å². The van der Waals surface area contributed by atoms with Crippen LogP contribution in [-0.4, -0.2) is 43.0 Å². The third kappa shape index (κ3) is 4.02. The maximum Gasteiger partial charge on any atom is 0.291 e. The van der Waals surface area contributed by atoms with Crippen molar-refractivity contribution in [1.29, 1.82) is 0 Å². The van der Waals surface area contributed by atoms with Crippen molar-refractivity contribution in [2.45, 2.75) is 0 Å². The van der Waals surface area contributed by atoms with Gasteiger partial charge in [0.15, 0.2) is 28.8 Å². The van der Waals surface area contributed by atoms with E-state index in [1.54, 1.807) is 46.7 Å². The molecule has 0 aliphatic heterocycles. The Bertz CT molecular complexity index is 1410. The quantitative estimate of drug-likeness (QED) is 0.427. The maximum atomic E-state index is 12.8. The fourth-order valence-corrected chi connectivity index (χ4v) is 4.12. The number of fused-ring (bicyclic) bond motifs is 1. The van der Waals surface area contributed by atoms with E-state index in [4.69, 9.17) is 18.9 Å². The van der Waals surface area contributed by atoms with Crippen molar-refractivity contribution in [3.63, 3.8) is 0 Å². The first-order chi connectivity index (χ1) is 15.6. The fraction of sp³-hybridized carbons (Fsp3) is 0.174. The van der Waals surface area contributed by atoms with Gasteiger partial charge < -0.3 is 18.9 Å². The van der Waals surface area contributed by atoms with Crippen LogP contribution in [0.3, 0.4) is 0 Å². The van der Waals surface area contributed by atoms with Crippen LogP contribution < -0.4 is 29.0 Å². The number of benzene rings is 2. The van der Waals surface area contributed by atoms with Crippen molar-refractivity contribution in [2.24, 2.45) is 0 Å². The Labute approximate surface area is 188 Å². The zero-order valence-corrected chi connectivity index (χ0v) is 18.8. The van der Waals surface area contributed by atoms with Gasteiger partial charge in [-0.2, -0.15) is 9.50 Å². The number of para-hydroxylation sites is 1. The van der Waals surface area contributed by atoms with Crippen molar-refractivity contribution in [1.82, 2.24) is 14.6 Å². The van der Waals surface area contributed by atoms with E-state index in [9.17, 15) is 4.79 Å². The van der Waals surface area contributed by atoms with Crippen molar-refractivity contribution in [3.8, 4) is 23.0 Å². The molecule has 0 fully saturated rings. The highest BCUT2D eigenvalue weighted by Crippen LogP contribution is 2.31. The van der Waals surface area contributed by atoms with Gasteiger partial charge in [-0.3, -0.25) is 4.79 Å². The third-order valence-electron chi connectivity index (χ3n) is 4.75. The molecule has 0 N–H and O–H groups in total. The molecule has 0 saturated carbocycles. The van der Waals surface area contributed by atoms with Gasteiger partial charge in [0.1, 0.15) is 0 Å². The van der Waals surface area contributed by atoms with Crippen LogP contribution in [0.15, 0.2) is 41.2 Å². The molecule has 32 heavy (non-hydrogen) atoms. The van der Waals surface area contributed by atoms with E-state index in [0.717, 1.165) is 11.1 Å². The molecule has 4 rings (SSSR count). The molecule has 0 bridgehead atoms. The molecule has 0 aliphatic carbocycles. The number of thiazole rings is 1. The van der Waals surface area contributed by atoms with E-state index < -0.39 is 0 Å². The monoisotopic (exact) mass is 451 g/mol. The van der Waals surface area contributed by atoms with Gasteiger partial charge in [-0.05, 0) is 35.9 Å². The Balaban J connectivity index is 1.66. The van der Waals surface area contributed by atoms with E-state index >= 15 is 0 Å². The van der Waals surface area contributed by atoms with Crippen molar-refractivity contribution in [3.05, 3.63) is 68.2 Å². The summed E-state index contributed by atoms with van der Waals surface area (Å²) in [7, 11) is 6.31. The summed E-state index contributed by atoms with van der Waals surface area (Å²) in [4.78, 5) is 17.8. The normalized spacial score (nSPS) is 11.9. The fourth-order valence-electron chi connectivity index (χ4n) is 3.21. The number of rotatable bonds is 7. The Kier molecular flexibility index (Phi) is 6.09. The van der Waals surface area contributed by atoms with Gasteiger partial charge in [-0.15, -0.1) is 5.10 Å². The van der Waals surface area contributed by atoms with Gasteiger partial charge in [0.05, 0.1) is 33.0 Å².